The number of thiazole rings is 1. The van der Waals surface area contributed by atoms with E-state index < -0.39 is 4.92 Å². The lowest BCUT2D eigenvalue weighted by Gasteiger charge is -2.05. The molecular formula is C15H13N5O3S. The molecule has 9 heteroatoms. The van der Waals surface area contributed by atoms with Crippen LogP contribution in [-0.2, 0) is 11.3 Å². The predicted octanol–water partition coefficient (Wildman–Crippen LogP) is 2.86. The van der Waals surface area contributed by atoms with Gasteiger partial charge in [0, 0.05) is 22.3 Å². The van der Waals surface area contributed by atoms with E-state index in [4.69, 9.17) is 0 Å². The number of anilines is 1. The third-order valence-corrected chi connectivity index (χ3v) is 4.16. The molecule has 0 bridgehead atoms. The summed E-state index contributed by atoms with van der Waals surface area (Å²) in [5.74, 6) is -0.600. The summed E-state index contributed by atoms with van der Waals surface area (Å²) in [5.41, 5.74) is 2.59. The van der Waals surface area contributed by atoms with Gasteiger partial charge in [0.25, 0.3) is 0 Å². The molecule has 2 aromatic heterocycles. The van der Waals surface area contributed by atoms with Gasteiger partial charge in [-0.25, -0.2) is 4.98 Å². The Morgan fingerprint density at radius 2 is 2.08 bits per heavy atom. The Labute approximate surface area is 140 Å². The summed E-state index contributed by atoms with van der Waals surface area (Å²) in [6.45, 7) is 1.84. The lowest BCUT2D eigenvalue weighted by Crippen LogP contribution is -2.19. The van der Waals surface area contributed by atoms with Crippen molar-refractivity contribution in [3.63, 3.8) is 0 Å². The van der Waals surface area contributed by atoms with Crippen LogP contribution in [0.2, 0.25) is 0 Å². The third kappa shape index (κ3) is 3.63. The van der Waals surface area contributed by atoms with Crippen LogP contribution in [0.15, 0.2) is 41.9 Å². The quantitative estimate of drug-likeness (QED) is 0.567. The maximum atomic E-state index is 12.0. The number of hydrogen-bond acceptors (Lipinski definition) is 6. The van der Waals surface area contributed by atoms with Crippen LogP contribution in [0.1, 0.15) is 5.69 Å². The molecule has 1 aromatic carbocycles. The Bertz CT molecular complexity index is 885. The van der Waals surface area contributed by atoms with E-state index in [1.165, 1.54) is 16.9 Å². The van der Waals surface area contributed by atoms with E-state index in [-0.39, 0.29) is 18.3 Å². The number of carbonyl (C=O) groups is 1. The highest BCUT2D eigenvalue weighted by Crippen LogP contribution is 2.24. The van der Waals surface area contributed by atoms with Crippen LogP contribution in [0.5, 0.6) is 0 Å². The zero-order valence-corrected chi connectivity index (χ0v) is 13.5. The molecule has 24 heavy (non-hydrogen) atoms. The zero-order chi connectivity index (χ0) is 17.1. The summed E-state index contributed by atoms with van der Waals surface area (Å²) in [5, 5.41) is 19.9. The maximum absolute atomic E-state index is 12.0. The van der Waals surface area contributed by atoms with Crippen molar-refractivity contribution in [2.45, 2.75) is 13.5 Å². The van der Waals surface area contributed by atoms with Crippen LogP contribution in [0, 0.1) is 17.0 Å². The number of hydrogen-bond donors (Lipinski definition) is 1. The Morgan fingerprint density at radius 1 is 1.33 bits per heavy atom. The van der Waals surface area contributed by atoms with Gasteiger partial charge in [-0.05, 0) is 36.1 Å². The molecule has 122 valence electrons. The molecule has 2 heterocycles. The van der Waals surface area contributed by atoms with Gasteiger partial charge in [0.1, 0.15) is 11.6 Å². The standard InChI is InChI=1S/C15H13N5O3S/c1-10-9-24-15(16-10)11-2-4-12(5-3-11)17-14(21)8-19-7-6-13(18-19)20(22)23/h2-7,9H,8H2,1H3,(H,17,21). The fraction of sp³-hybridized carbons (Fsp3) is 0.133. The average molecular weight is 343 g/mol. The van der Waals surface area contributed by atoms with E-state index in [0.29, 0.717) is 5.69 Å². The number of nitrogens with zero attached hydrogens (tertiary/aromatic N) is 4. The predicted molar refractivity (Wildman–Crippen MR) is 89.8 cm³/mol. The molecule has 0 aliphatic heterocycles. The lowest BCUT2D eigenvalue weighted by atomic mass is 10.2. The molecule has 8 nitrogen and oxygen atoms in total. The number of aromatic nitrogens is 3. The molecule has 0 aliphatic carbocycles. The van der Waals surface area contributed by atoms with Gasteiger partial charge < -0.3 is 15.4 Å². The molecule has 0 saturated carbocycles. The van der Waals surface area contributed by atoms with Crippen molar-refractivity contribution in [3.8, 4) is 10.6 Å². The Kier molecular flexibility index (Phi) is 4.34. The second kappa shape index (κ2) is 6.59. The van der Waals surface area contributed by atoms with Crippen molar-refractivity contribution >= 4 is 28.7 Å². The minimum atomic E-state index is -0.604. The largest absolute Gasteiger partial charge is 0.389 e. The van der Waals surface area contributed by atoms with Crippen LogP contribution in [0.4, 0.5) is 11.5 Å². The topological polar surface area (TPSA) is 103 Å². The van der Waals surface area contributed by atoms with Crippen molar-refractivity contribution in [2.75, 3.05) is 5.32 Å². The van der Waals surface area contributed by atoms with Crippen molar-refractivity contribution < 1.29 is 9.72 Å². The second-order valence-corrected chi connectivity index (χ2v) is 5.91. The summed E-state index contributed by atoms with van der Waals surface area (Å²) >= 11 is 1.56. The molecular weight excluding hydrogens is 330 g/mol. The monoisotopic (exact) mass is 343 g/mol. The maximum Gasteiger partial charge on any atom is 0.389 e. The number of amides is 1. The first kappa shape index (κ1) is 15.8. The summed E-state index contributed by atoms with van der Waals surface area (Å²) in [6, 6.07) is 8.59. The second-order valence-electron chi connectivity index (χ2n) is 5.05. The number of rotatable bonds is 5. The molecule has 3 rings (SSSR count). The first-order chi connectivity index (χ1) is 11.5. The van der Waals surface area contributed by atoms with Crippen molar-refractivity contribution in [1.82, 2.24) is 14.8 Å². The molecule has 0 unspecified atom stereocenters. The van der Waals surface area contributed by atoms with E-state index in [2.05, 4.69) is 15.4 Å². The van der Waals surface area contributed by atoms with Gasteiger partial charge in [-0.1, -0.05) is 0 Å². The van der Waals surface area contributed by atoms with Gasteiger partial charge in [0.15, 0.2) is 0 Å². The van der Waals surface area contributed by atoms with Crippen LogP contribution < -0.4 is 5.32 Å². The molecule has 3 aromatic rings. The molecule has 0 atom stereocenters. The zero-order valence-electron chi connectivity index (χ0n) is 12.7. The molecule has 0 radical (unpaired) electrons. The van der Waals surface area contributed by atoms with Gasteiger partial charge in [0.05, 0.1) is 17.4 Å². The molecule has 1 amide bonds. The number of aryl methyl sites for hydroxylation is 1. The third-order valence-electron chi connectivity index (χ3n) is 3.15. The Hall–Kier alpha value is -3.07. The van der Waals surface area contributed by atoms with Crippen LogP contribution in [0.25, 0.3) is 10.6 Å². The van der Waals surface area contributed by atoms with Gasteiger partial charge in [0.2, 0.25) is 5.91 Å². The van der Waals surface area contributed by atoms with Crippen LogP contribution in [-0.4, -0.2) is 25.6 Å². The smallest absolute Gasteiger partial charge is 0.358 e. The van der Waals surface area contributed by atoms with Crippen LogP contribution >= 0.6 is 11.3 Å². The number of benzene rings is 1. The van der Waals surface area contributed by atoms with E-state index in [1.807, 2.05) is 24.4 Å². The van der Waals surface area contributed by atoms with E-state index >= 15 is 0 Å². The van der Waals surface area contributed by atoms with Gasteiger partial charge >= 0.3 is 5.82 Å². The number of nitrogens with one attached hydrogen (secondary N) is 1. The normalized spacial score (nSPS) is 10.5. The summed E-state index contributed by atoms with van der Waals surface area (Å²) < 4.78 is 1.22. The lowest BCUT2D eigenvalue weighted by molar-refractivity contribution is -0.389. The van der Waals surface area contributed by atoms with Crippen molar-refractivity contribution in [1.29, 1.82) is 0 Å². The van der Waals surface area contributed by atoms with Gasteiger partial charge in [-0.15, -0.1) is 11.3 Å². The molecule has 0 spiro atoms. The fourth-order valence-corrected chi connectivity index (χ4v) is 2.87. The average Bonchev–Trinajstić information content (AvgIpc) is 3.17. The Balaban J connectivity index is 1.62. The van der Waals surface area contributed by atoms with E-state index in [9.17, 15) is 14.9 Å². The van der Waals surface area contributed by atoms with Gasteiger partial charge in [-0.2, -0.15) is 4.68 Å². The SMILES string of the molecule is Cc1csc(-c2ccc(NC(=O)Cn3ccc([N+](=O)[O-])n3)cc2)n1. The summed E-state index contributed by atoms with van der Waals surface area (Å²) in [4.78, 5) is 26.3. The molecule has 0 aliphatic rings. The highest BCUT2D eigenvalue weighted by Gasteiger charge is 2.13. The highest BCUT2D eigenvalue weighted by molar-refractivity contribution is 7.13. The highest BCUT2D eigenvalue weighted by atomic mass is 32.1. The van der Waals surface area contributed by atoms with Crippen molar-refractivity contribution in [3.05, 3.63) is 57.7 Å². The van der Waals surface area contributed by atoms with Crippen molar-refractivity contribution in [2.24, 2.45) is 0 Å². The fourth-order valence-electron chi connectivity index (χ4n) is 2.07. The summed E-state index contributed by atoms with van der Waals surface area (Å²) in [7, 11) is 0. The number of nitro groups is 1. The van der Waals surface area contributed by atoms with E-state index in [1.54, 1.807) is 23.5 Å². The molecule has 0 fully saturated rings. The Morgan fingerprint density at radius 3 is 2.67 bits per heavy atom. The molecule has 1 N–H and O–H groups in total. The molecule has 0 saturated heterocycles. The van der Waals surface area contributed by atoms with Gasteiger partial charge in [-0.3, -0.25) is 4.79 Å². The summed E-state index contributed by atoms with van der Waals surface area (Å²) in [6.07, 6.45) is 1.39. The minimum absolute atomic E-state index is 0.0960. The van der Waals surface area contributed by atoms with Crippen LogP contribution in [0.3, 0.4) is 0 Å². The first-order valence-corrected chi connectivity index (χ1v) is 7.89. The minimum Gasteiger partial charge on any atom is -0.358 e. The van der Waals surface area contributed by atoms with E-state index in [0.717, 1.165) is 16.3 Å². The number of carbonyl (C=O) groups excluding carboxylic acids is 1. The first-order valence-electron chi connectivity index (χ1n) is 7.01.